The summed E-state index contributed by atoms with van der Waals surface area (Å²) in [6.45, 7) is 0.794. The van der Waals surface area contributed by atoms with Crippen LogP contribution in [0.25, 0.3) is 10.9 Å². The normalized spacial score (nSPS) is 11.1. The number of hydrogen-bond donors (Lipinski definition) is 2. The Morgan fingerprint density at radius 2 is 2.07 bits per heavy atom. The molecule has 1 heterocycles. The molecule has 0 aliphatic rings. The van der Waals surface area contributed by atoms with Gasteiger partial charge in [0.05, 0.1) is 5.02 Å². The van der Waals surface area contributed by atoms with E-state index >= 15 is 0 Å². The number of benzene rings is 1. The average molecular weight is 229 g/mol. The summed E-state index contributed by atoms with van der Waals surface area (Å²) >= 11 is 11.9. The molecule has 1 aromatic heterocycles. The van der Waals surface area contributed by atoms with Gasteiger partial charge in [-0.1, -0.05) is 23.2 Å². The van der Waals surface area contributed by atoms with Crippen LogP contribution in [-0.4, -0.2) is 12.0 Å². The molecule has 14 heavy (non-hydrogen) atoms. The van der Waals surface area contributed by atoms with Gasteiger partial charge in [0.1, 0.15) is 0 Å². The van der Waals surface area contributed by atoms with Crippen LogP contribution in [0.5, 0.6) is 0 Å². The largest absolute Gasteiger partial charge is 0.357 e. The number of aromatic nitrogens is 1. The van der Waals surface area contributed by atoms with Gasteiger partial charge >= 0.3 is 0 Å². The quantitative estimate of drug-likeness (QED) is 0.813. The summed E-state index contributed by atoms with van der Waals surface area (Å²) in [4.78, 5) is 3.25. The molecule has 1 aromatic carbocycles. The Kier molecular flexibility index (Phi) is 2.68. The number of aromatic amines is 1. The first kappa shape index (κ1) is 9.84. The summed E-state index contributed by atoms with van der Waals surface area (Å²) in [6.07, 6.45) is 0. The van der Waals surface area contributed by atoms with Gasteiger partial charge in [-0.2, -0.15) is 0 Å². The van der Waals surface area contributed by atoms with E-state index in [2.05, 4.69) is 10.3 Å². The predicted octanol–water partition coefficient (Wildman–Crippen LogP) is 3.19. The van der Waals surface area contributed by atoms with Gasteiger partial charge in [0, 0.05) is 28.2 Å². The standard InChI is InChI=1S/C10H10Cl2N2/c1-13-5-7-4-8-9(12)2-6(11)3-10(8)14-7/h2-4,13-14H,5H2,1H3. The van der Waals surface area contributed by atoms with Gasteiger partial charge < -0.3 is 10.3 Å². The van der Waals surface area contributed by atoms with Crippen LogP contribution in [0.4, 0.5) is 0 Å². The maximum absolute atomic E-state index is 6.05. The van der Waals surface area contributed by atoms with Crippen molar-refractivity contribution in [3.05, 3.63) is 33.9 Å². The van der Waals surface area contributed by atoms with E-state index in [1.165, 1.54) is 0 Å². The number of H-pyrrole nitrogens is 1. The first-order chi connectivity index (χ1) is 6.70. The SMILES string of the molecule is CNCc1cc2c(Cl)cc(Cl)cc2[nH]1. The van der Waals surface area contributed by atoms with Crippen molar-refractivity contribution in [1.82, 2.24) is 10.3 Å². The minimum Gasteiger partial charge on any atom is -0.357 e. The first-order valence-corrected chi connectivity index (χ1v) is 5.07. The maximum atomic E-state index is 6.05. The maximum Gasteiger partial charge on any atom is 0.0514 e. The van der Waals surface area contributed by atoms with Crippen LogP contribution in [0, 0.1) is 0 Å². The summed E-state index contributed by atoms with van der Waals surface area (Å²) in [5, 5.41) is 5.43. The Balaban J connectivity index is 2.58. The van der Waals surface area contributed by atoms with E-state index < -0.39 is 0 Å². The summed E-state index contributed by atoms with van der Waals surface area (Å²) in [6, 6.07) is 5.66. The Hall–Kier alpha value is -0.700. The van der Waals surface area contributed by atoms with Crippen molar-refractivity contribution in [2.75, 3.05) is 7.05 Å². The minimum atomic E-state index is 0.653. The van der Waals surface area contributed by atoms with E-state index in [9.17, 15) is 0 Å². The lowest BCUT2D eigenvalue weighted by atomic mass is 10.2. The highest BCUT2D eigenvalue weighted by molar-refractivity contribution is 6.38. The minimum absolute atomic E-state index is 0.653. The molecule has 0 atom stereocenters. The monoisotopic (exact) mass is 228 g/mol. The lowest BCUT2D eigenvalue weighted by Gasteiger charge is -1.94. The summed E-state index contributed by atoms with van der Waals surface area (Å²) in [5.41, 5.74) is 2.08. The molecule has 2 aromatic rings. The van der Waals surface area contributed by atoms with Crippen LogP contribution < -0.4 is 5.32 Å². The fraction of sp³-hybridized carbons (Fsp3) is 0.200. The van der Waals surface area contributed by atoms with Gasteiger partial charge in [0.2, 0.25) is 0 Å². The zero-order valence-electron chi connectivity index (χ0n) is 7.70. The molecule has 74 valence electrons. The van der Waals surface area contributed by atoms with E-state index in [0.717, 1.165) is 23.1 Å². The molecule has 0 aliphatic heterocycles. The molecule has 0 amide bonds. The molecule has 0 bridgehead atoms. The van der Waals surface area contributed by atoms with Crippen molar-refractivity contribution >= 4 is 34.1 Å². The fourth-order valence-corrected chi connectivity index (χ4v) is 2.05. The number of halogens is 2. The van der Waals surface area contributed by atoms with E-state index in [-0.39, 0.29) is 0 Å². The van der Waals surface area contributed by atoms with Gasteiger partial charge in [-0.3, -0.25) is 0 Å². The van der Waals surface area contributed by atoms with E-state index in [0.29, 0.717) is 10.0 Å². The van der Waals surface area contributed by atoms with Crippen molar-refractivity contribution in [3.63, 3.8) is 0 Å². The Bertz CT molecular complexity index is 462. The zero-order chi connectivity index (χ0) is 10.1. The van der Waals surface area contributed by atoms with E-state index in [1.54, 1.807) is 6.07 Å². The highest BCUT2D eigenvalue weighted by Crippen LogP contribution is 2.28. The van der Waals surface area contributed by atoms with Crippen molar-refractivity contribution in [2.24, 2.45) is 0 Å². The smallest absolute Gasteiger partial charge is 0.0514 e. The highest BCUT2D eigenvalue weighted by atomic mass is 35.5. The molecule has 0 aliphatic carbocycles. The highest BCUT2D eigenvalue weighted by Gasteiger charge is 2.05. The lowest BCUT2D eigenvalue weighted by Crippen LogP contribution is -2.04. The van der Waals surface area contributed by atoms with Crippen LogP contribution in [0.3, 0.4) is 0 Å². The predicted molar refractivity (Wildman–Crippen MR) is 61.1 cm³/mol. The van der Waals surface area contributed by atoms with Crippen molar-refractivity contribution in [3.8, 4) is 0 Å². The van der Waals surface area contributed by atoms with Gasteiger partial charge in [-0.25, -0.2) is 0 Å². The summed E-state index contributed by atoms with van der Waals surface area (Å²) in [7, 11) is 1.90. The molecule has 2 nitrogen and oxygen atoms in total. The van der Waals surface area contributed by atoms with E-state index in [1.807, 2.05) is 19.2 Å². The second-order valence-corrected chi connectivity index (χ2v) is 4.02. The molecule has 4 heteroatoms. The Morgan fingerprint density at radius 3 is 2.79 bits per heavy atom. The van der Waals surface area contributed by atoms with Crippen LogP contribution in [0.1, 0.15) is 5.69 Å². The first-order valence-electron chi connectivity index (χ1n) is 4.32. The molecular weight excluding hydrogens is 219 g/mol. The number of hydrogen-bond acceptors (Lipinski definition) is 1. The van der Waals surface area contributed by atoms with Crippen molar-refractivity contribution in [2.45, 2.75) is 6.54 Å². The number of nitrogens with one attached hydrogen (secondary N) is 2. The second-order valence-electron chi connectivity index (χ2n) is 3.17. The number of fused-ring (bicyclic) bond motifs is 1. The van der Waals surface area contributed by atoms with Gasteiger partial charge in [-0.05, 0) is 25.2 Å². The summed E-state index contributed by atoms with van der Waals surface area (Å²) < 4.78 is 0. The molecule has 2 N–H and O–H groups in total. The third-order valence-electron chi connectivity index (χ3n) is 2.08. The third kappa shape index (κ3) is 1.73. The zero-order valence-corrected chi connectivity index (χ0v) is 9.21. The molecule has 0 fully saturated rings. The van der Waals surface area contributed by atoms with Crippen molar-refractivity contribution < 1.29 is 0 Å². The molecule has 0 radical (unpaired) electrons. The molecule has 0 spiro atoms. The molecule has 0 unspecified atom stereocenters. The molecular formula is C10H10Cl2N2. The third-order valence-corrected chi connectivity index (χ3v) is 2.61. The molecule has 0 saturated carbocycles. The van der Waals surface area contributed by atoms with Gasteiger partial charge in [-0.15, -0.1) is 0 Å². The topological polar surface area (TPSA) is 27.8 Å². The van der Waals surface area contributed by atoms with Crippen LogP contribution in [0.15, 0.2) is 18.2 Å². The number of rotatable bonds is 2. The second kappa shape index (κ2) is 3.81. The van der Waals surface area contributed by atoms with Gasteiger partial charge in [0.25, 0.3) is 0 Å². The Morgan fingerprint density at radius 1 is 1.29 bits per heavy atom. The van der Waals surface area contributed by atoms with Gasteiger partial charge in [0.15, 0.2) is 0 Å². The fourth-order valence-electron chi connectivity index (χ4n) is 1.50. The molecule has 0 saturated heterocycles. The van der Waals surface area contributed by atoms with Crippen LogP contribution in [0.2, 0.25) is 10.0 Å². The summed E-state index contributed by atoms with van der Waals surface area (Å²) in [5.74, 6) is 0. The van der Waals surface area contributed by atoms with Crippen LogP contribution in [-0.2, 0) is 6.54 Å². The van der Waals surface area contributed by atoms with Crippen molar-refractivity contribution in [1.29, 1.82) is 0 Å². The van der Waals surface area contributed by atoms with Crippen LogP contribution >= 0.6 is 23.2 Å². The molecule has 2 rings (SSSR count). The average Bonchev–Trinajstić information content (AvgIpc) is 2.48. The van der Waals surface area contributed by atoms with E-state index in [4.69, 9.17) is 23.2 Å². The lowest BCUT2D eigenvalue weighted by molar-refractivity contribution is 0.800. The Labute approximate surface area is 92.2 Å².